The minimum absolute atomic E-state index is 0.0411. The zero-order valence-electron chi connectivity index (χ0n) is 12.9. The largest absolute Gasteiger partial charge is 0.494 e. The number of benzene rings is 2. The van der Waals surface area contributed by atoms with Crippen molar-refractivity contribution in [1.82, 2.24) is 0 Å². The Labute approximate surface area is 129 Å². The summed E-state index contributed by atoms with van der Waals surface area (Å²) in [7, 11) is 0. The van der Waals surface area contributed by atoms with Crippen molar-refractivity contribution in [3.63, 3.8) is 0 Å². The Bertz CT molecular complexity index is 609. The second kappa shape index (κ2) is 7.78. The maximum atomic E-state index is 14.2. The fraction of sp³-hybridized carbons (Fsp3) is 0.333. The van der Waals surface area contributed by atoms with E-state index in [2.05, 4.69) is 0 Å². The smallest absolute Gasteiger partial charge is 0.201 e. The summed E-state index contributed by atoms with van der Waals surface area (Å²) >= 11 is 0. The lowest BCUT2D eigenvalue weighted by Crippen LogP contribution is -2.01. The van der Waals surface area contributed by atoms with Crippen LogP contribution in [0, 0.1) is 11.6 Å². The van der Waals surface area contributed by atoms with Crippen LogP contribution in [0.2, 0.25) is 0 Å². The molecular formula is C18H20F2O2. The number of halogens is 2. The van der Waals surface area contributed by atoms with Crippen LogP contribution in [0.1, 0.15) is 26.7 Å². The Morgan fingerprint density at radius 1 is 0.864 bits per heavy atom. The first kappa shape index (κ1) is 16.3. The SMILES string of the molecule is CCCCOc1ccc(-c2ccc(OCC)cc2)c(F)c1F. The van der Waals surface area contributed by atoms with Gasteiger partial charge < -0.3 is 9.47 Å². The molecule has 0 saturated heterocycles. The average Bonchev–Trinajstić information content (AvgIpc) is 2.53. The summed E-state index contributed by atoms with van der Waals surface area (Å²) in [6.45, 7) is 4.84. The van der Waals surface area contributed by atoms with Gasteiger partial charge in [-0.3, -0.25) is 0 Å². The second-order valence-corrected chi connectivity index (χ2v) is 4.90. The lowest BCUT2D eigenvalue weighted by Gasteiger charge is -2.11. The van der Waals surface area contributed by atoms with Crippen LogP contribution in [-0.2, 0) is 0 Å². The topological polar surface area (TPSA) is 18.5 Å². The highest BCUT2D eigenvalue weighted by Gasteiger charge is 2.15. The molecule has 22 heavy (non-hydrogen) atoms. The molecule has 0 aromatic heterocycles. The number of hydrogen-bond acceptors (Lipinski definition) is 2. The molecule has 0 aliphatic carbocycles. The van der Waals surface area contributed by atoms with Crippen LogP contribution in [-0.4, -0.2) is 13.2 Å². The van der Waals surface area contributed by atoms with Gasteiger partial charge >= 0.3 is 0 Å². The van der Waals surface area contributed by atoms with Gasteiger partial charge in [-0.2, -0.15) is 4.39 Å². The Morgan fingerprint density at radius 3 is 2.23 bits per heavy atom. The van der Waals surface area contributed by atoms with Gasteiger partial charge in [-0.25, -0.2) is 4.39 Å². The summed E-state index contributed by atoms with van der Waals surface area (Å²) in [6, 6.07) is 9.90. The molecule has 0 unspecified atom stereocenters. The van der Waals surface area contributed by atoms with Crippen molar-refractivity contribution in [2.45, 2.75) is 26.7 Å². The van der Waals surface area contributed by atoms with Crippen LogP contribution in [0.15, 0.2) is 36.4 Å². The lowest BCUT2D eigenvalue weighted by atomic mass is 10.0. The van der Waals surface area contributed by atoms with Gasteiger partial charge in [0.1, 0.15) is 5.75 Å². The molecule has 118 valence electrons. The van der Waals surface area contributed by atoms with E-state index < -0.39 is 11.6 Å². The highest BCUT2D eigenvalue weighted by atomic mass is 19.2. The van der Waals surface area contributed by atoms with Gasteiger partial charge in [0.25, 0.3) is 0 Å². The van der Waals surface area contributed by atoms with E-state index >= 15 is 0 Å². The third-order valence-corrected chi connectivity index (χ3v) is 3.28. The number of ether oxygens (including phenoxy) is 2. The van der Waals surface area contributed by atoms with Crippen molar-refractivity contribution < 1.29 is 18.3 Å². The predicted octanol–water partition coefficient (Wildman–Crippen LogP) is 5.21. The first-order valence-electron chi connectivity index (χ1n) is 7.51. The molecule has 0 fully saturated rings. The van der Waals surface area contributed by atoms with Gasteiger partial charge in [-0.05, 0) is 43.2 Å². The third kappa shape index (κ3) is 3.75. The van der Waals surface area contributed by atoms with Crippen molar-refractivity contribution in [2.24, 2.45) is 0 Å². The predicted molar refractivity (Wildman–Crippen MR) is 83.4 cm³/mol. The van der Waals surface area contributed by atoms with E-state index in [0.29, 0.717) is 24.5 Å². The van der Waals surface area contributed by atoms with E-state index in [4.69, 9.17) is 9.47 Å². The molecule has 0 radical (unpaired) electrons. The molecular weight excluding hydrogens is 286 g/mol. The van der Waals surface area contributed by atoms with Gasteiger partial charge in [0.05, 0.1) is 13.2 Å². The van der Waals surface area contributed by atoms with Crippen LogP contribution in [0.4, 0.5) is 8.78 Å². The monoisotopic (exact) mass is 306 g/mol. The number of unbranched alkanes of at least 4 members (excludes halogenated alkanes) is 1. The maximum Gasteiger partial charge on any atom is 0.201 e. The van der Waals surface area contributed by atoms with E-state index in [1.54, 1.807) is 24.3 Å². The normalized spacial score (nSPS) is 10.5. The molecule has 0 spiro atoms. The fourth-order valence-electron chi connectivity index (χ4n) is 2.09. The third-order valence-electron chi connectivity index (χ3n) is 3.28. The highest BCUT2D eigenvalue weighted by molar-refractivity contribution is 5.66. The van der Waals surface area contributed by atoms with Gasteiger partial charge in [0.15, 0.2) is 11.6 Å². The molecule has 2 aromatic carbocycles. The molecule has 2 aromatic rings. The van der Waals surface area contributed by atoms with Crippen molar-refractivity contribution in [3.8, 4) is 22.6 Å². The van der Waals surface area contributed by atoms with Gasteiger partial charge in [-0.1, -0.05) is 25.5 Å². The average molecular weight is 306 g/mol. The summed E-state index contributed by atoms with van der Waals surface area (Å²) in [5, 5.41) is 0. The van der Waals surface area contributed by atoms with Crippen molar-refractivity contribution in [2.75, 3.05) is 13.2 Å². The van der Waals surface area contributed by atoms with E-state index in [-0.39, 0.29) is 11.3 Å². The molecule has 0 aliphatic heterocycles. The van der Waals surface area contributed by atoms with Gasteiger partial charge in [0, 0.05) is 5.56 Å². The number of hydrogen-bond donors (Lipinski definition) is 0. The molecule has 0 amide bonds. The van der Waals surface area contributed by atoms with E-state index in [9.17, 15) is 8.78 Å². The molecule has 0 aliphatic rings. The van der Waals surface area contributed by atoms with Crippen molar-refractivity contribution in [1.29, 1.82) is 0 Å². The summed E-state index contributed by atoms with van der Waals surface area (Å²) in [4.78, 5) is 0. The molecule has 2 nitrogen and oxygen atoms in total. The fourth-order valence-corrected chi connectivity index (χ4v) is 2.09. The van der Waals surface area contributed by atoms with E-state index in [1.165, 1.54) is 12.1 Å². The molecule has 0 atom stereocenters. The summed E-state index contributed by atoms with van der Waals surface area (Å²) in [6.07, 6.45) is 1.75. The molecule has 0 bridgehead atoms. The van der Waals surface area contributed by atoms with Crippen molar-refractivity contribution >= 4 is 0 Å². The highest BCUT2D eigenvalue weighted by Crippen LogP contribution is 2.30. The maximum absolute atomic E-state index is 14.2. The Hall–Kier alpha value is -2.10. The summed E-state index contributed by atoms with van der Waals surface area (Å²) < 4.78 is 38.9. The molecule has 4 heteroatoms. The minimum Gasteiger partial charge on any atom is -0.494 e. The lowest BCUT2D eigenvalue weighted by molar-refractivity contribution is 0.289. The minimum atomic E-state index is -0.942. The second-order valence-electron chi connectivity index (χ2n) is 4.90. The first-order chi connectivity index (χ1) is 10.7. The first-order valence-corrected chi connectivity index (χ1v) is 7.51. The standard InChI is InChI=1S/C18H20F2O2/c1-3-5-12-22-16-11-10-15(17(19)18(16)20)13-6-8-14(9-7-13)21-4-2/h6-11H,3-5,12H2,1-2H3. The molecule has 0 N–H and O–H groups in total. The summed E-state index contributed by atoms with van der Waals surface area (Å²) in [5.41, 5.74) is 0.809. The van der Waals surface area contributed by atoms with Gasteiger partial charge in [0.2, 0.25) is 5.82 Å². The van der Waals surface area contributed by atoms with Gasteiger partial charge in [-0.15, -0.1) is 0 Å². The Kier molecular flexibility index (Phi) is 5.75. The Balaban J connectivity index is 2.22. The quantitative estimate of drug-likeness (QED) is 0.654. The zero-order valence-corrected chi connectivity index (χ0v) is 12.9. The van der Waals surface area contributed by atoms with Crippen LogP contribution >= 0.6 is 0 Å². The zero-order chi connectivity index (χ0) is 15.9. The molecule has 0 saturated carbocycles. The summed E-state index contributed by atoms with van der Waals surface area (Å²) in [5.74, 6) is -1.17. The molecule has 2 rings (SSSR count). The van der Waals surface area contributed by atoms with E-state index in [0.717, 1.165) is 12.8 Å². The van der Waals surface area contributed by atoms with Crippen LogP contribution < -0.4 is 9.47 Å². The molecule has 0 heterocycles. The van der Waals surface area contributed by atoms with E-state index in [1.807, 2.05) is 13.8 Å². The number of rotatable bonds is 7. The van der Waals surface area contributed by atoms with Crippen LogP contribution in [0.3, 0.4) is 0 Å². The Morgan fingerprint density at radius 2 is 1.59 bits per heavy atom. The van der Waals surface area contributed by atoms with Crippen molar-refractivity contribution in [3.05, 3.63) is 48.0 Å². The van der Waals surface area contributed by atoms with Crippen LogP contribution in [0.5, 0.6) is 11.5 Å². The van der Waals surface area contributed by atoms with Crippen LogP contribution in [0.25, 0.3) is 11.1 Å².